The fraction of sp³-hybridized carbons (Fsp3) is 1.00. The van der Waals surface area contributed by atoms with Crippen molar-refractivity contribution in [2.45, 2.75) is 13.3 Å². The van der Waals surface area contributed by atoms with Crippen molar-refractivity contribution >= 4 is 0 Å². The third-order valence-electron chi connectivity index (χ3n) is 1.31. The molecule has 0 heterocycles. The van der Waals surface area contributed by atoms with Crippen molar-refractivity contribution in [2.75, 3.05) is 34.5 Å². The molecule has 0 amide bonds. The van der Waals surface area contributed by atoms with E-state index in [1.54, 1.807) is 7.11 Å². The number of ether oxygens (including phenoxy) is 1. The molecule has 0 fully saturated rings. The summed E-state index contributed by atoms with van der Waals surface area (Å²) in [6.45, 7) is 4.19. The molecule has 56 valence electrons. The minimum absolute atomic E-state index is 0.813. The Morgan fingerprint density at radius 3 is 2.22 bits per heavy atom. The van der Waals surface area contributed by atoms with Crippen molar-refractivity contribution in [1.82, 2.24) is 0 Å². The Morgan fingerprint density at radius 2 is 1.89 bits per heavy atom. The number of nitrogens with zero attached hydrogens (tertiary/aromatic N) is 1. The summed E-state index contributed by atoms with van der Waals surface area (Å²) in [6, 6.07) is 0. The maximum atomic E-state index is 5.03. The number of rotatable bonds is 4. The van der Waals surface area contributed by atoms with Crippen LogP contribution < -0.4 is 0 Å². The predicted octanol–water partition coefficient (Wildman–Crippen LogP) is 1.08. The molecule has 0 atom stereocenters. The Morgan fingerprint density at radius 1 is 1.33 bits per heavy atom. The average Bonchev–Trinajstić information content (AvgIpc) is 1.64. The van der Waals surface area contributed by atoms with Crippen molar-refractivity contribution < 1.29 is 9.22 Å². The Labute approximate surface area is 58.0 Å². The SMILES string of the molecule is CCC[N+](C)(C)COC. The highest BCUT2D eigenvalue weighted by atomic mass is 16.5. The van der Waals surface area contributed by atoms with Gasteiger partial charge in [0, 0.05) is 7.11 Å². The van der Waals surface area contributed by atoms with Crippen molar-refractivity contribution in [1.29, 1.82) is 0 Å². The average molecular weight is 132 g/mol. The van der Waals surface area contributed by atoms with E-state index in [1.807, 2.05) is 0 Å². The lowest BCUT2D eigenvalue weighted by Gasteiger charge is -2.27. The normalized spacial score (nSPS) is 12.0. The molecule has 2 heteroatoms. The highest BCUT2D eigenvalue weighted by Crippen LogP contribution is 1.97. The number of hydrogen-bond donors (Lipinski definition) is 0. The highest BCUT2D eigenvalue weighted by molar-refractivity contribution is 4.23. The van der Waals surface area contributed by atoms with Gasteiger partial charge in [-0.1, -0.05) is 6.92 Å². The summed E-state index contributed by atoms with van der Waals surface area (Å²) in [5.41, 5.74) is 0. The first-order valence-electron chi connectivity index (χ1n) is 3.43. The van der Waals surface area contributed by atoms with E-state index in [0.717, 1.165) is 11.2 Å². The first kappa shape index (κ1) is 8.92. The third kappa shape index (κ3) is 4.43. The second-order valence-corrected chi connectivity index (χ2v) is 3.08. The zero-order valence-electron chi connectivity index (χ0n) is 6.98. The van der Waals surface area contributed by atoms with Gasteiger partial charge in [0.2, 0.25) is 0 Å². The van der Waals surface area contributed by atoms with Crippen molar-refractivity contribution in [3.63, 3.8) is 0 Å². The molecule has 0 aliphatic carbocycles. The topological polar surface area (TPSA) is 9.23 Å². The summed E-state index contributed by atoms with van der Waals surface area (Å²) in [4.78, 5) is 0. The molecule has 0 saturated heterocycles. The van der Waals surface area contributed by atoms with Gasteiger partial charge in [0.1, 0.15) is 0 Å². The Bertz CT molecular complexity index is 63.3. The Balaban J connectivity index is 3.43. The van der Waals surface area contributed by atoms with Crippen molar-refractivity contribution in [2.24, 2.45) is 0 Å². The second-order valence-electron chi connectivity index (χ2n) is 3.08. The van der Waals surface area contributed by atoms with E-state index in [2.05, 4.69) is 21.0 Å². The molecule has 2 nitrogen and oxygen atoms in total. The summed E-state index contributed by atoms with van der Waals surface area (Å²) < 4.78 is 6.00. The summed E-state index contributed by atoms with van der Waals surface area (Å²) in [6.07, 6.45) is 1.22. The quantitative estimate of drug-likeness (QED) is 0.411. The van der Waals surface area contributed by atoms with E-state index in [9.17, 15) is 0 Å². The minimum Gasteiger partial charge on any atom is -0.335 e. The molecule has 0 N–H and O–H groups in total. The number of methoxy groups -OCH3 is 1. The summed E-state index contributed by atoms with van der Waals surface area (Å²) in [7, 11) is 6.09. The Kier molecular flexibility index (Phi) is 3.82. The summed E-state index contributed by atoms with van der Waals surface area (Å²) in [5.74, 6) is 0. The van der Waals surface area contributed by atoms with Crippen LogP contribution in [0.4, 0.5) is 0 Å². The van der Waals surface area contributed by atoms with Gasteiger partial charge in [-0.15, -0.1) is 0 Å². The molecule has 0 saturated carbocycles. The van der Waals surface area contributed by atoms with Crippen LogP contribution >= 0.6 is 0 Å². The molecule has 0 aliphatic heterocycles. The maximum Gasteiger partial charge on any atom is 0.182 e. The first-order chi connectivity index (χ1) is 4.12. The molecule has 0 spiro atoms. The van der Waals surface area contributed by atoms with Crippen LogP contribution in [0.15, 0.2) is 0 Å². The lowest BCUT2D eigenvalue weighted by atomic mass is 10.4. The van der Waals surface area contributed by atoms with Crippen LogP contribution in [0.2, 0.25) is 0 Å². The van der Waals surface area contributed by atoms with Crippen LogP contribution in [-0.4, -0.2) is 39.0 Å². The Hall–Kier alpha value is -0.0800. The van der Waals surface area contributed by atoms with Crippen LogP contribution in [-0.2, 0) is 4.74 Å². The molecule has 0 aliphatic rings. The minimum atomic E-state index is 0.813. The zero-order chi connectivity index (χ0) is 7.33. The number of hydrogen-bond acceptors (Lipinski definition) is 1. The number of quaternary nitrogens is 1. The lowest BCUT2D eigenvalue weighted by Crippen LogP contribution is -2.41. The van der Waals surface area contributed by atoms with Crippen molar-refractivity contribution in [3.8, 4) is 0 Å². The van der Waals surface area contributed by atoms with E-state index in [1.165, 1.54) is 13.0 Å². The van der Waals surface area contributed by atoms with Crippen LogP contribution in [0.25, 0.3) is 0 Å². The van der Waals surface area contributed by atoms with Crippen LogP contribution in [0.5, 0.6) is 0 Å². The molecule has 9 heavy (non-hydrogen) atoms. The van der Waals surface area contributed by atoms with E-state index in [-0.39, 0.29) is 0 Å². The van der Waals surface area contributed by atoms with Crippen LogP contribution in [0, 0.1) is 0 Å². The fourth-order valence-corrected chi connectivity index (χ4v) is 1.02. The molecule has 0 unspecified atom stereocenters. The van der Waals surface area contributed by atoms with E-state index < -0.39 is 0 Å². The third-order valence-corrected chi connectivity index (χ3v) is 1.31. The molecule has 0 aromatic heterocycles. The summed E-state index contributed by atoms with van der Waals surface area (Å²) in [5, 5.41) is 0. The standard InChI is InChI=1S/C7H18NO/c1-5-6-8(2,3)7-9-4/h5-7H2,1-4H3/q+1. The molecule has 0 rings (SSSR count). The van der Waals surface area contributed by atoms with E-state index >= 15 is 0 Å². The molecule has 0 aromatic carbocycles. The summed E-state index contributed by atoms with van der Waals surface area (Å²) >= 11 is 0. The van der Waals surface area contributed by atoms with E-state index in [4.69, 9.17) is 4.74 Å². The predicted molar refractivity (Wildman–Crippen MR) is 39.1 cm³/mol. The van der Waals surface area contributed by atoms with Crippen molar-refractivity contribution in [3.05, 3.63) is 0 Å². The zero-order valence-corrected chi connectivity index (χ0v) is 6.98. The molecular weight excluding hydrogens is 114 g/mol. The molecular formula is C7H18NO+. The highest BCUT2D eigenvalue weighted by Gasteiger charge is 2.10. The van der Waals surface area contributed by atoms with E-state index in [0.29, 0.717) is 0 Å². The smallest absolute Gasteiger partial charge is 0.182 e. The molecule has 0 aromatic rings. The van der Waals surface area contributed by atoms with Gasteiger partial charge in [0.05, 0.1) is 20.6 Å². The van der Waals surface area contributed by atoms with Crippen LogP contribution in [0.3, 0.4) is 0 Å². The van der Waals surface area contributed by atoms with Gasteiger partial charge in [0.15, 0.2) is 6.73 Å². The molecule has 0 bridgehead atoms. The second kappa shape index (κ2) is 3.85. The van der Waals surface area contributed by atoms with Crippen LogP contribution in [0.1, 0.15) is 13.3 Å². The van der Waals surface area contributed by atoms with Gasteiger partial charge in [0.25, 0.3) is 0 Å². The van der Waals surface area contributed by atoms with Gasteiger partial charge in [-0.2, -0.15) is 0 Å². The van der Waals surface area contributed by atoms with Gasteiger partial charge in [-0.3, -0.25) is 0 Å². The molecule has 0 radical (unpaired) electrons. The lowest BCUT2D eigenvalue weighted by molar-refractivity contribution is -0.909. The monoisotopic (exact) mass is 132 g/mol. The first-order valence-corrected chi connectivity index (χ1v) is 3.43. The van der Waals surface area contributed by atoms with Gasteiger partial charge < -0.3 is 9.22 Å². The fourth-order valence-electron chi connectivity index (χ4n) is 1.02. The largest absolute Gasteiger partial charge is 0.335 e. The maximum absolute atomic E-state index is 5.03. The van der Waals surface area contributed by atoms with Gasteiger partial charge in [-0.25, -0.2) is 0 Å². The van der Waals surface area contributed by atoms with Gasteiger partial charge >= 0.3 is 0 Å². The van der Waals surface area contributed by atoms with Gasteiger partial charge in [-0.05, 0) is 6.42 Å².